The van der Waals surface area contributed by atoms with Crippen molar-refractivity contribution in [3.05, 3.63) is 35.4 Å². The van der Waals surface area contributed by atoms with Gasteiger partial charge in [0.25, 0.3) is 0 Å². The maximum Gasteiger partial charge on any atom is 0.222 e. The van der Waals surface area contributed by atoms with Crippen LogP contribution < -0.4 is 5.73 Å². The Hall–Kier alpha value is -1.35. The Morgan fingerprint density at radius 2 is 1.80 bits per heavy atom. The SMILES string of the molecule is CC(CC(=O)N(C)Cc1ccccc1CN)C(C)(C)C. The summed E-state index contributed by atoms with van der Waals surface area (Å²) >= 11 is 0. The monoisotopic (exact) mass is 276 g/mol. The molecule has 20 heavy (non-hydrogen) atoms. The number of hydrogen-bond donors (Lipinski definition) is 1. The van der Waals surface area contributed by atoms with Crippen molar-refractivity contribution in [3.63, 3.8) is 0 Å². The smallest absolute Gasteiger partial charge is 0.222 e. The minimum absolute atomic E-state index is 0.158. The molecule has 1 atom stereocenters. The van der Waals surface area contributed by atoms with Crippen molar-refractivity contribution >= 4 is 5.91 Å². The van der Waals surface area contributed by atoms with Gasteiger partial charge in [0.2, 0.25) is 5.91 Å². The number of nitrogens with two attached hydrogens (primary N) is 1. The molecule has 0 aliphatic heterocycles. The molecule has 3 nitrogen and oxygen atoms in total. The van der Waals surface area contributed by atoms with E-state index in [1.807, 2.05) is 31.3 Å². The molecule has 0 fully saturated rings. The lowest BCUT2D eigenvalue weighted by Crippen LogP contribution is -2.31. The van der Waals surface area contributed by atoms with E-state index in [4.69, 9.17) is 5.73 Å². The van der Waals surface area contributed by atoms with Crippen molar-refractivity contribution in [1.82, 2.24) is 4.90 Å². The fourth-order valence-electron chi connectivity index (χ4n) is 1.98. The van der Waals surface area contributed by atoms with Crippen LogP contribution in [0.2, 0.25) is 0 Å². The van der Waals surface area contributed by atoms with Gasteiger partial charge in [0.15, 0.2) is 0 Å². The normalized spacial score (nSPS) is 13.1. The first-order valence-electron chi connectivity index (χ1n) is 7.26. The average Bonchev–Trinajstić information content (AvgIpc) is 2.38. The van der Waals surface area contributed by atoms with Gasteiger partial charge in [0.1, 0.15) is 0 Å². The maximum atomic E-state index is 12.3. The third-order valence-corrected chi connectivity index (χ3v) is 4.13. The van der Waals surface area contributed by atoms with E-state index in [1.54, 1.807) is 4.90 Å². The third-order valence-electron chi connectivity index (χ3n) is 4.13. The Bertz CT molecular complexity index is 449. The van der Waals surface area contributed by atoms with Gasteiger partial charge in [0.05, 0.1) is 0 Å². The number of hydrogen-bond acceptors (Lipinski definition) is 2. The third kappa shape index (κ3) is 4.64. The van der Waals surface area contributed by atoms with Crippen molar-refractivity contribution in [2.24, 2.45) is 17.1 Å². The molecule has 1 amide bonds. The summed E-state index contributed by atoms with van der Waals surface area (Å²) in [7, 11) is 1.87. The van der Waals surface area contributed by atoms with Gasteiger partial charge >= 0.3 is 0 Å². The average molecular weight is 276 g/mol. The van der Waals surface area contributed by atoms with Crippen molar-refractivity contribution in [3.8, 4) is 0 Å². The summed E-state index contributed by atoms with van der Waals surface area (Å²) in [5, 5.41) is 0. The van der Waals surface area contributed by atoms with Crippen molar-refractivity contribution in [2.75, 3.05) is 7.05 Å². The summed E-state index contributed by atoms with van der Waals surface area (Å²) in [6, 6.07) is 8.03. The molecule has 0 spiro atoms. The quantitative estimate of drug-likeness (QED) is 0.898. The molecule has 0 aliphatic carbocycles. The summed E-state index contributed by atoms with van der Waals surface area (Å²) in [6.45, 7) is 9.80. The summed E-state index contributed by atoms with van der Waals surface area (Å²) in [5.41, 5.74) is 8.14. The molecule has 1 aromatic rings. The first-order chi connectivity index (χ1) is 9.25. The highest BCUT2D eigenvalue weighted by Crippen LogP contribution is 2.28. The molecule has 0 heterocycles. The standard InChI is InChI=1S/C17H28N2O/c1-13(17(2,3)4)10-16(20)19(5)12-15-9-7-6-8-14(15)11-18/h6-9,13H,10-12,18H2,1-5H3. The van der Waals surface area contributed by atoms with Crippen LogP contribution in [-0.4, -0.2) is 17.9 Å². The zero-order valence-electron chi connectivity index (χ0n) is 13.4. The van der Waals surface area contributed by atoms with E-state index in [-0.39, 0.29) is 11.3 Å². The van der Waals surface area contributed by atoms with Crippen LogP contribution in [0.15, 0.2) is 24.3 Å². The van der Waals surface area contributed by atoms with E-state index in [9.17, 15) is 4.79 Å². The van der Waals surface area contributed by atoms with Gasteiger partial charge < -0.3 is 10.6 Å². The Balaban J connectivity index is 2.66. The van der Waals surface area contributed by atoms with Gasteiger partial charge in [-0.25, -0.2) is 0 Å². The molecule has 0 aliphatic rings. The minimum atomic E-state index is 0.158. The van der Waals surface area contributed by atoms with E-state index < -0.39 is 0 Å². The first-order valence-corrected chi connectivity index (χ1v) is 7.26. The zero-order chi connectivity index (χ0) is 15.3. The fourth-order valence-corrected chi connectivity index (χ4v) is 1.98. The first kappa shape index (κ1) is 16.7. The molecule has 1 unspecified atom stereocenters. The second-order valence-electron chi connectivity index (χ2n) is 6.69. The van der Waals surface area contributed by atoms with Gasteiger partial charge in [0, 0.05) is 26.6 Å². The fraction of sp³-hybridized carbons (Fsp3) is 0.588. The highest BCUT2D eigenvalue weighted by molar-refractivity contribution is 5.76. The van der Waals surface area contributed by atoms with Crippen molar-refractivity contribution in [1.29, 1.82) is 0 Å². The van der Waals surface area contributed by atoms with Gasteiger partial charge in [-0.1, -0.05) is 52.0 Å². The second kappa shape index (κ2) is 6.89. The molecule has 0 radical (unpaired) electrons. The summed E-state index contributed by atoms with van der Waals surface area (Å²) in [5.74, 6) is 0.557. The number of carbonyl (C=O) groups excluding carboxylic acids is 1. The number of rotatable bonds is 5. The van der Waals surface area contributed by atoms with Crippen molar-refractivity contribution in [2.45, 2.75) is 47.2 Å². The van der Waals surface area contributed by atoms with E-state index in [0.29, 0.717) is 25.4 Å². The largest absolute Gasteiger partial charge is 0.341 e. The predicted molar refractivity (Wildman–Crippen MR) is 84.0 cm³/mol. The Kier molecular flexibility index (Phi) is 5.75. The summed E-state index contributed by atoms with van der Waals surface area (Å²) < 4.78 is 0. The lowest BCUT2D eigenvalue weighted by atomic mass is 9.80. The van der Waals surface area contributed by atoms with E-state index in [1.165, 1.54) is 0 Å². The zero-order valence-corrected chi connectivity index (χ0v) is 13.4. The number of amides is 1. The van der Waals surface area contributed by atoms with Crippen LogP contribution in [0.1, 0.15) is 45.2 Å². The molecule has 1 rings (SSSR count). The van der Waals surface area contributed by atoms with Crippen molar-refractivity contribution < 1.29 is 4.79 Å². The van der Waals surface area contributed by atoms with Gasteiger partial charge in [-0.15, -0.1) is 0 Å². The number of benzene rings is 1. The topological polar surface area (TPSA) is 46.3 Å². The Morgan fingerprint density at radius 3 is 2.30 bits per heavy atom. The summed E-state index contributed by atoms with van der Waals surface area (Å²) in [6.07, 6.45) is 0.588. The Labute approximate surface area is 123 Å². The molecule has 112 valence electrons. The van der Waals surface area contributed by atoms with Gasteiger partial charge in [-0.3, -0.25) is 4.79 Å². The highest BCUT2D eigenvalue weighted by Gasteiger charge is 2.24. The van der Waals surface area contributed by atoms with E-state index in [2.05, 4.69) is 27.7 Å². The second-order valence-corrected chi connectivity index (χ2v) is 6.69. The molecule has 0 saturated carbocycles. The molecule has 0 saturated heterocycles. The maximum absolute atomic E-state index is 12.3. The van der Waals surface area contributed by atoms with Crippen LogP contribution in [0.3, 0.4) is 0 Å². The molecular weight excluding hydrogens is 248 g/mol. The van der Waals surface area contributed by atoms with Gasteiger partial charge in [-0.05, 0) is 22.5 Å². The van der Waals surface area contributed by atoms with Crippen LogP contribution in [-0.2, 0) is 17.9 Å². The lowest BCUT2D eigenvalue weighted by Gasteiger charge is -2.28. The van der Waals surface area contributed by atoms with Gasteiger partial charge in [-0.2, -0.15) is 0 Å². The number of carbonyl (C=O) groups is 1. The highest BCUT2D eigenvalue weighted by atomic mass is 16.2. The van der Waals surface area contributed by atoms with Crippen LogP contribution in [0.5, 0.6) is 0 Å². The molecule has 3 heteroatoms. The Morgan fingerprint density at radius 1 is 1.25 bits per heavy atom. The number of nitrogens with zero attached hydrogens (tertiary/aromatic N) is 1. The molecular formula is C17H28N2O. The van der Waals surface area contributed by atoms with E-state index in [0.717, 1.165) is 11.1 Å². The van der Waals surface area contributed by atoms with Crippen LogP contribution in [0.4, 0.5) is 0 Å². The molecule has 2 N–H and O–H groups in total. The van der Waals surface area contributed by atoms with E-state index >= 15 is 0 Å². The van der Waals surface area contributed by atoms with Crippen LogP contribution in [0.25, 0.3) is 0 Å². The molecule has 1 aromatic carbocycles. The molecule has 0 aromatic heterocycles. The van der Waals surface area contributed by atoms with Crippen LogP contribution in [0, 0.1) is 11.3 Å². The predicted octanol–water partition coefficient (Wildman–Crippen LogP) is 3.18. The lowest BCUT2D eigenvalue weighted by molar-refractivity contribution is -0.132. The molecule has 0 bridgehead atoms. The van der Waals surface area contributed by atoms with Crippen LogP contribution >= 0.6 is 0 Å². The summed E-state index contributed by atoms with van der Waals surface area (Å²) in [4.78, 5) is 14.1. The minimum Gasteiger partial charge on any atom is -0.341 e.